The van der Waals surface area contributed by atoms with E-state index in [1.165, 1.54) is 17.2 Å². The zero-order valence-corrected chi connectivity index (χ0v) is 12.5. The maximum absolute atomic E-state index is 10.3. The van der Waals surface area contributed by atoms with E-state index in [1.807, 2.05) is 0 Å². The number of aliphatic hydroxyl groups excluding tert-OH is 5. The van der Waals surface area contributed by atoms with Crippen LogP contribution < -0.4 is 5.73 Å². The molecule has 7 N–H and O–H groups in total. The van der Waals surface area contributed by atoms with E-state index in [-0.39, 0.29) is 5.82 Å². The van der Waals surface area contributed by atoms with Crippen molar-refractivity contribution in [3.63, 3.8) is 0 Å². The topological polar surface area (TPSA) is 180 Å². The molecule has 0 spiro atoms. The average Bonchev–Trinajstić information content (AvgIpc) is 2.98. The number of hydrogen-bond acceptors (Lipinski definition) is 10. The summed E-state index contributed by atoms with van der Waals surface area (Å²) >= 11 is 0. The minimum absolute atomic E-state index is 0.146. The lowest BCUT2D eigenvalue weighted by molar-refractivity contribution is -0.139. The van der Waals surface area contributed by atoms with Crippen molar-refractivity contribution < 1.29 is 30.3 Å². The number of nitrogens with zero attached hydrogens (tertiary/aromatic N) is 4. The Bertz CT molecular complexity index is 711. The Hall–Kier alpha value is -1.89. The molecule has 0 bridgehead atoms. The number of fused-ring (bicyclic) bond motifs is 1. The third-order valence-corrected chi connectivity index (χ3v) is 4.25. The predicted molar refractivity (Wildman–Crippen MR) is 79.3 cm³/mol. The molecule has 0 aromatic carbocycles. The quantitative estimate of drug-likeness (QED) is 0.336. The van der Waals surface area contributed by atoms with Gasteiger partial charge in [0.05, 0.1) is 31.6 Å². The van der Waals surface area contributed by atoms with Gasteiger partial charge in [-0.1, -0.05) is 0 Å². The van der Waals surface area contributed by atoms with Crippen LogP contribution in [0.4, 0.5) is 5.82 Å². The molecule has 2 aromatic heterocycles. The van der Waals surface area contributed by atoms with Gasteiger partial charge in [0.2, 0.25) is 0 Å². The fourth-order valence-electron chi connectivity index (χ4n) is 2.88. The van der Waals surface area contributed by atoms with Crippen LogP contribution in [0.15, 0.2) is 12.7 Å². The molecule has 3 heterocycles. The SMILES string of the molecule is Nc1ncnc2c1ncn2[C@@H]1O[C@H](CO)[C@@H](O)[C@H](O)[C@@H](O)[C@H]1CO. The maximum Gasteiger partial charge on any atom is 0.167 e. The second kappa shape index (κ2) is 6.55. The summed E-state index contributed by atoms with van der Waals surface area (Å²) in [6.45, 7) is -1.14. The van der Waals surface area contributed by atoms with Gasteiger partial charge in [-0.3, -0.25) is 4.57 Å². The summed E-state index contributed by atoms with van der Waals surface area (Å²) in [6, 6.07) is 0. The van der Waals surface area contributed by atoms with Crippen molar-refractivity contribution in [3.05, 3.63) is 12.7 Å². The summed E-state index contributed by atoms with van der Waals surface area (Å²) in [5.74, 6) is -0.855. The van der Waals surface area contributed by atoms with E-state index in [4.69, 9.17) is 10.5 Å². The Labute approximate surface area is 136 Å². The summed E-state index contributed by atoms with van der Waals surface area (Å²) in [5, 5.41) is 49.4. The number of anilines is 1. The summed E-state index contributed by atoms with van der Waals surface area (Å²) in [4.78, 5) is 12.0. The molecule has 6 atom stereocenters. The lowest BCUT2D eigenvalue weighted by Gasteiger charge is -2.29. The van der Waals surface area contributed by atoms with E-state index in [9.17, 15) is 25.5 Å². The highest BCUT2D eigenvalue weighted by molar-refractivity contribution is 5.81. The Morgan fingerprint density at radius 3 is 2.46 bits per heavy atom. The first-order valence-electron chi connectivity index (χ1n) is 7.34. The minimum Gasteiger partial charge on any atom is -0.396 e. The molecular weight excluding hydrogens is 322 g/mol. The minimum atomic E-state index is -1.60. The number of rotatable bonds is 3. The number of nitrogens with two attached hydrogens (primary N) is 1. The van der Waals surface area contributed by atoms with E-state index in [0.29, 0.717) is 11.2 Å². The van der Waals surface area contributed by atoms with Gasteiger partial charge in [0.15, 0.2) is 11.5 Å². The molecule has 24 heavy (non-hydrogen) atoms. The Morgan fingerprint density at radius 1 is 1.04 bits per heavy atom. The van der Waals surface area contributed by atoms with Gasteiger partial charge in [0, 0.05) is 0 Å². The van der Waals surface area contributed by atoms with Gasteiger partial charge in [-0.05, 0) is 0 Å². The van der Waals surface area contributed by atoms with E-state index in [1.54, 1.807) is 0 Å². The smallest absolute Gasteiger partial charge is 0.167 e. The molecule has 0 saturated carbocycles. The standard InChI is InChI=1S/C13H19N5O6/c14-11-7-12(16-3-15-11)18(4-17-7)13-5(1-19)8(21)10(23)9(22)6(2-20)24-13/h3-6,8-10,13,19-23H,1-2H2,(H2,14,15,16)/t5-,6-,8+,9-,10-,13-/m1/s1. The number of ether oxygens (including phenoxy) is 1. The molecule has 11 nitrogen and oxygen atoms in total. The number of hydrogen-bond donors (Lipinski definition) is 6. The van der Waals surface area contributed by atoms with Crippen molar-refractivity contribution >= 4 is 17.0 Å². The van der Waals surface area contributed by atoms with Crippen molar-refractivity contribution in [2.75, 3.05) is 18.9 Å². The fraction of sp³-hybridized carbons (Fsp3) is 0.615. The monoisotopic (exact) mass is 341 g/mol. The second-order valence-corrected chi connectivity index (χ2v) is 5.65. The van der Waals surface area contributed by atoms with Gasteiger partial charge in [0.25, 0.3) is 0 Å². The lowest BCUT2D eigenvalue weighted by atomic mass is 9.94. The molecule has 3 rings (SSSR count). The van der Waals surface area contributed by atoms with E-state index >= 15 is 0 Å². The van der Waals surface area contributed by atoms with Crippen LogP contribution in [0.25, 0.3) is 11.2 Å². The Morgan fingerprint density at radius 2 is 1.79 bits per heavy atom. The van der Waals surface area contributed by atoms with Crippen molar-refractivity contribution in [2.24, 2.45) is 5.92 Å². The first-order chi connectivity index (χ1) is 11.5. The molecule has 0 aliphatic carbocycles. The van der Waals surface area contributed by atoms with Crippen LogP contribution in [0.5, 0.6) is 0 Å². The molecule has 132 valence electrons. The zero-order valence-electron chi connectivity index (χ0n) is 12.5. The molecule has 1 fully saturated rings. The van der Waals surface area contributed by atoms with E-state index < -0.39 is 49.8 Å². The summed E-state index contributed by atoms with van der Waals surface area (Å²) in [7, 11) is 0. The molecule has 1 aliphatic heterocycles. The first-order valence-corrected chi connectivity index (χ1v) is 7.34. The first kappa shape index (κ1) is 17.0. The summed E-state index contributed by atoms with van der Waals surface area (Å²) in [5.41, 5.74) is 6.33. The highest BCUT2D eigenvalue weighted by Gasteiger charge is 2.45. The van der Waals surface area contributed by atoms with E-state index in [0.717, 1.165) is 0 Å². The van der Waals surface area contributed by atoms with Crippen molar-refractivity contribution in [3.8, 4) is 0 Å². The van der Waals surface area contributed by atoms with Crippen LogP contribution in [-0.2, 0) is 4.74 Å². The largest absolute Gasteiger partial charge is 0.396 e. The summed E-state index contributed by atoms with van der Waals surface area (Å²) < 4.78 is 7.06. The molecule has 0 radical (unpaired) electrons. The third kappa shape index (κ3) is 2.60. The molecular formula is C13H19N5O6. The number of aliphatic hydroxyl groups is 5. The van der Waals surface area contributed by atoms with Crippen molar-refractivity contribution in [1.29, 1.82) is 0 Å². The van der Waals surface area contributed by atoms with E-state index in [2.05, 4.69) is 15.0 Å². The highest BCUT2D eigenvalue weighted by Crippen LogP contribution is 2.34. The molecule has 0 amide bonds. The Kier molecular flexibility index (Phi) is 4.62. The van der Waals surface area contributed by atoms with Crippen LogP contribution in [-0.4, -0.2) is 82.7 Å². The van der Waals surface area contributed by atoms with Gasteiger partial charge >= 0.3 is 0 Å². The van der Waals surface area contributed by atoms with Crippen LogP contribution >= 0.6 is 0 Å². The van der Waals surface area contributed by atoms with Gasteiger partial charge in [-0.15, -0.1) is 0 Å². The third-order valence-electron chi connectivity index (χ3n) is 4.25. The van der Waals surface area contributed by atoms with Gasteiger partial charge < -0.3 is 36.0 Å². The zero-order chi connectivity index (χ0) is 17.4. The average molecular weight is 341 g/mol. The van der Waals surface area contributed by atoms with Gasteiger partial charge in [0.1, 0.15) is 36.4 Å². The number of nitrogen functional groups attached to an aromatic ring is 1. The van der Waals surface area contributed by atoms with Gasteiger partial charge in [-0.25, -0.2) is 15.0 Å². The normalized spacial score (nSPS) is 34.4. The van der Waals surface area contributed by atoms with Crippen LogP contribution in [0.2, 0.25) is 0 Å². The fourth-order valence-corrected chi connectivity index (χ4v) is 2.88. The van der Waals surface area contributed by atoms with Crippen LogP contribution in [0.1, 0.15) is 6.23 Å². The molecule has 2 aromatic rings. The van der Waals surface area contributed by atoms with Crippen molar-refractivity contribution in [1.82, 2.24) is 19.5 Å². The highest BCUT2D eigenvalue weighted by atomic mass is 16.5. The van der Waals surface area contributed by atoms with Gasteiger partial charge in [-0.2, -0.15) is 0 Å². The van der Waals surface area contributed by atoms with Crippen molar-refractivity contribution in [2.45, 2.75) is 30.6 Å². The second-order valence-electron chi connectivity index (χ2n) is 5.65. The van der Waals surface area contributed by atoms with Crippen LogP contribution in [0.3, 0.4) is 0 Å². The Balaban J connectivity index is 2.09. The lowest BCUT2D eigenvalue weighted by Crippen LogP contribution is -2.46. The maximum atomic E-state index is 10.3. The molecule has 1 saturated heterocycles. The predicted octanol–water partition coefficient (Wildman–Crippen LogP) is -3.01. The number of imidazole rings is 1. The number of aromatic nitrogens is 4. The molecule has 11 heteroatoms. The molecule has 0 unspecified atom stereocenters. The molecule has 1 aliphatic rings. The van der Waals surface area contributed by atoms with Crippen LogP contribution in [0, 0.1) is 5.92 Å². The summed E-state index contributed by atoms with van der Waals surface area (Å²) in [6.07, 6.45) is -4.28.